The molecule has 2 aromatic heterocycles. The van der Waals surface area contributed by atoms with Gasteiger partial charge >= 0.3 is 0 Å². The number of aromatic amines is 1. The van der Waals surface area contributed by atoms with Gasteiger partial charge in [0.15, 0.2) is 5.78 Å². The van der Waals surface area contributed by atoms with Crippen molar-refractivity contribution in [1.29, 1.82) is 0 Å². The van der Waals surface area contributed by atoms with E-state index in [1.54, 1.807) is 12.4 Å². The Labute approximate surface area is 148 Å². The number of carbonyl (C=O) groups excluding carboxylic acids is 1. The molecule has 0 atom stereocenters. The minimum absolute atomic E-state index is 0.197. The van der Waals surface area contributed by atoms with Gasteiger partial charge in [-0.3, -0.25) is 9.78 Å². The van der Waals surface area contributed by atoms with Crippen LogP contribution in [0.15, 0.2) is 53.3 Å². The van der Waals surface area contributed by atoms with Crippen LogP contribution >= 0.6 is 15.9 Å². The van der Waals surface area contributed by atoms with Crippen molar-refractivity contribution >= 4 is 33.1 Å². The summed E-state index contributed by atoms with van der Waals surface area (Å²) in [5.41, 5.74) is 5.54. The van der Waals surface area contributed by atoms with Crippen LogP contribution in [0.5, 0.6) is 0 Å². The lowest BCUT2D eigenvalue weighted by Crippen LogP contribution is -2.10. The first-order valence-corrected chi connectivity index (χ1v) is 8.73. The molecule has 120 valence electrons. The summed E-state index contributed by atoms with van der Waals surface area (Å²) in [4.78, 5) is 20.1. The van der Waals surface area contributed by atoms with Gasteiger partial charge in [-0.1, -0.05) is 18.2 Å². The number of rotatable bonds is 3. The molecule has 24 heavy (non-hydrogen) atoms. The second-order valence-electron chi connectivity index (χ2n) is 5.85. The molecule has 0 radical (unpaired) electrons. The van der Waals surface area contributed by atoms with Crippen molar-refractivity contribution in [1.82, 2.24) is 9.97 Å². The molecule has 4 rings (SSSR count). The number of pyridine rings is 1. The molecule has 2 heterocycles. The molecule has 4 nitrogen and oxygen atoms in total. The molecular weight excluding hydrogens is 366 g/mol. The highest BCUT2D eigenvalue weighted by Gasteiger charge is 2.27. The van der Waals surface area contributed by atoms with Gasteiger partial charge in [0.2, 0.25) is 0 Å². The van der Waals surface area contributed by atoms with Gasteiger partial charge in [-0.15, -0.1) is 0 Å². The zero-order chi connectivity index (χ0) is 16.5. The fourth-order valence-electron chi connectivity index (χ4n) is 3.17. The largest absolute Gasteiger partial charge is 0.356 e. The van der Waals surface area contributed by atoms with Gasteiger partial charge in [-0.2, -0.15) is 0 Å². The van der Waals surface area contributed by atoms with Crippen molar-refractivity contribution in [2.45, 2.75) is 19.3 Å². The predicted molar refractivity (Wildman–Crippen MR) is 98.7 cm³/mol. The third kappa shape index (κ3) is 2.65. The van der Waals surface area contributed by atoms with Crippen LogP contribution in [0.25, 0.3) is 11.3 Å². The average molecular weight is 382 g/mol. The summed E-state index contributed by atoms with van der Waals surface area (Å²) in [6.07, 6.45) is 5.92. The maximum absolute atomic E-state index is 12.5. The lowest BCUT2D eigenvalue weighted by atomic mass is 9.95. The Hall–Kier alpha value is -2.40. The van der Waals surface area contributed by atoms with Gasteiger partial charge in [0.25, 0.3) is 0 Å². The number of halogens is 1. The smallest absolute Gasteiger partial charge is 0.166 e. The van der Waals surface area contributed by atoms with Crippen molar-refractivity contribution in [3.8, 4) is 11.3 Å². The molecule has 1 aromatic carbocycles. The summed E-state index contributed by atoms with van der Waals surface area (Å²) in [5.74, 6) is 0.197. The number of H-pyrrole nitrogens is 1. The molecular formula is C19H16BrN3O. The van der Waals surface area contributed by atoms with Gasteiger partial charge in [0.1, 0.15) is 0 Å². The van der Waals surface area contributed by atoms with Crippen molar-refractivity contribution in [2.75, 3.05) is 5.32 Å². The van der Waals surface area contributed by atoms with Gasteiger partial charge in [0.05, 0.1) is 16.9 Å². The van der Waals surface area contributed by atoms with E-state index in [1.807, 2.05) is 36.4 Å². The van der Waals surface area contributed by atoms with Crippen LogP contribution in [-0.2, 0) is 6.42 Å². The lowest BCUT2D eigenvalue weighted by Gasteiger charge is -2.14. The number of hydrogen-bond donors (Lipinski definition) is 2. The second kappa shape index (κ2) is 6.24. The Balaban J connectivity index is 1.90. The van der Waals surface area contributed by atoms with Crippen molar-refractivity contribution < 1.29 is 4.79 Å². The van der Waals surface area contributed by atoms with E-state index in [0.717, 1.165) is 51.2 Å². The van der Waals surface area contributed by atoms with Crippen molar-refractivity contribution in [3.05, 3.63) is 64.5 Å². The minimum atomic E-state index is 0.197. The van der Waals surface area contributed by atoms with E-state index < -0.39 is 0 Å². The highest BCUT2D eigenvalue weighted by Crippen LogP contribution is 2.40. The molecule has 0 amide bonds. The summed E-state index contributed by atoms with van der Waals surface area (Å²) in [6.45, 7) is 0. The summed E-state index contributed by atoms with van der Waals surface area (Å²) in [5, 5.41) is 3.44. The molecule has 5 heteroatoms. The first-order valence-electron chi connectivity index (χ1n) is 7.94. The van der Waals surface area contributed by atoms with Crippen LogP contribution < -0.4 is 5.32 Å². The topological polar surface area (TPSA) is 57.8 Å². The molecule has 3 aromatic rings. The first-order chi connectivity index (χ1) is 11.7. The summed E-state index contributed by atoms with van der Waals surface area (Å²) < 4.78 is 0.896. The SMILES string of the molecule is O=C1CCCc2[nH]c(-c3ccncc3Br)c(Nc3ccccc3)c21. The molecule has 2 N–H and O–H groups in total. The number of aromatic nitrogens is 2. The number of aryl methyl sites for hydroxylation is 1. The van der Waals surface area contributed by atoms with E-state index in [2.05, 4.69) is 31.2 Å². The molecule has 0 unspecified atom stereocenters. The molecule has 0 aliphatic heterocycles. The molecule has 0 spiro atoms. The summed E-state index contributed by atoms with van der Waals surface area (Å²) in [7, 11) is 0. The minimum Gasteiger partial charge on any atom is -0.356 e. The van der Waals surface area contributed by atoms with E-state index >= 15 is 0 Å². The number of ketones is 1. The fourth-order valence-corrected chi connectivity index (χ4v) is 3.62. The first kappa shape index (κ1) is 15.1. The Morgan fingerprint density at radius 2 is 1.96 bits per heavy atom. The Morgan fingerprint density at radius 3 is 2.75 bits per heavy atom. The lowest BCUT2D eigenvalue weighted by molar-refractivity contribution is 0.0973. The van der Waals surface area contributed by atoms with Crippen LogP contribution in [0, 0.1) is 0 Å². The van der Waals surface area contributed by atoms with E-state index in [9.17, 15) is 4.79 Å². The molecule has 0 saturated carbocycles. The Kier molecular flexibility index (Phi) is 3.94. The average Bonchev–Trinajstić information content (AvgIpc) is 2.96. The number of para-hydroxylation sites is 1. The highest BCUT2D eigenvalue weighted by atomic mass is 79.9. The predicted octanol–water partition coefficient (Wildman–Crippen LogP) is 5.10. The zero-order valence-electron chi connectivity index (χ0n) is 13.0. The number of fused-ring (bicyclic) bond motifs is 1. The van der Waals surface area contributed by atoms with Crippen LogP contribution in [-0.4, -0.2) is 15.8 Å². The second-order valence-corrected chi connectivity index (χ2v) is 6.71. The third-order valence-electron chi connectivity index (χ3n) is 4.27. The van der Waals surface area contributed by atoms with E-state index in [0.29, 0.717) is 6.42 Å². The normalized spacial score (nSPS) is 13.6. The standard InChI is InChI=1S/C19H16BrN3O/c20-14-11-21-10-9-13(14)18-19(22-12-5-2-1-3-6-12)17-15(23-18)7-4-8-16(17)24/h1-3,5-6,9-11,22-23H,4,7-8H2. The molecule has 1 aliphatic rings. The Morgan fingerprint density at radius 1 is 1.12 bits per heavy atom. The zero-order valence-corrected chi connectivity index (χ0v) is 14.6. The molecule has 0 fully saturated rings. The number of hydrogen-bond acceptors (Lipinski definition) is 3. The monoisotopic (exact) mass is 381 g/mol. The number of anilines is 2. The molecule has 0 saturated heterocycles. The van der Waals surface area contributed by atoms with Gasteiger partial charge in [-0.25, -0.2) is 0 Å². The van der Waals surface area contributed by atoms with Crippen LogP contribution in [0.2, 0.25) is 0 Å². The van der Waals surface area contributed by atoms with Gasteiger partial charge in [0, 0.05) is 40.2 Å². The van der Waals surface area contributed by atoms with E-state index in [-0.39, 0.29) is 5.78 Å². The quantitative estimate of drug-likeness (QED) is 0.663. The fraction of sp³-hybridized carbons (Fsp3) is 0.158. The molecule has 1 aliphatic carbocycles. The van der Waals surface area contributed by atoms with Crippen molar-refractivity contribution in [3.63, 3.8) is 0 Å². The van der Waals surface area contributed by atoms with Gasteiger partial charge in [-0.05, 0) is 47.0 Å². The van der Waals surface area contributed by atoms with Crippen molar-refractivity contribution in [2.24, 2.45) is 0 Å². The number of Topliss-reactive ketones (excluding diaryl/α,β-unsaturated/α-hetero) is 1. The van der Waals surface area contributed by atoms with Crippen LogP contribution in [0.3, 0.4) is 0 Å². The maximum Gasteiger partial charge on any atom is 0.166 e. The van der Waals surface area contributed by atoms with Crippen LogP contribution in [0.4, 0.5) is 11.4 Å². The Bertz CT molecular complexity index is 902. The third-order valence-corrected chi connectivity index (χ3v) is 4.90. The summed E-state index contributed by atoms with van der Waals surface area (Å²) >= 11 is 3.57. The maximum atomic E-state index is 12.5. The molecule has 0 bridgehead atoms. The van der Waals surface area contributed by atoms with Crippen LogP contribution in [0.1, 0.15) is 28.9 Å². The highest BCUT2D eigenvalue weighted by molar-refractivity contribution is 9.10. The summed E-state index contributed by atoms with van der Waals surface area (Å²) in [6, 6.07) is 11.9. The number of nitrogens with zero attached hydrogens (tertiary/aromatic N) is 1. The number of nitrogens with one attached hydrogen (secondary N) is 2. The number of carbonyl (C=O) groups is 1. The van der Waals surface area contributed by atoms with Gasteiger partial charge < -0.3 is 10.3 Å². The van der Waals surface area contributed by atoms with E-state index in [4.69, 9.17) is 0 Å². The van der Waals surface area contributed by atoms with E-state index in [1.165, 1.54) is 0 Å². The number of benzene rings is 1.